The molecule has 0 saturated carbocycles. The van der Waals surface area contributed by atoms with Gasteiger partial charge in [-0.25, -0.2) is 4.98 Å². The molecule has 22 heavy (non-hydrogen) atoms. The van der Waals surface area contributed by atoms with E-state index in [9.17, 15) is 9.90 Å². The lowest BCUT2D eigenvalue weighted by Crippen LogP contribution is -2.47. The summed E-state index contributed by atoms with van der Waals surface area (Å²) >= 11 is 0. The number of rotatable bonds is 4. The average molecular weight is 306 g/mol. The molecule has 120 valence electrons. The van der Waals surface area contributed by atoms with Crippen molar-refractivity contribution < 1.29 is 14.6 Å². The summed E-state index contributed by atoms with van der Waals surface area (Å²) in [6, 6.07) is 0. The topological polar surface area (TPSA) is 87.6 Å². The summed E-state index contributed by atoms with van der Waals surface area (Å²) < 4.78 is 5.26. The molecule has 2 N–H and O–H groups in total. The van der Waals surface area contributed by atoms with Gasteiger partial charge in [0.25, 0.3) is 0 Å². The summed E-state index contributed by atoms with van der Waals surface area (Å²) in [5.74, 6) is 0.790. The molecule has 1 aromatic heterocycles. The summed E-state index contributed by atoms with van der Waals surface area (Å²) in [4.78, 5) is 22.4. The molecule has 1 aromatic rings. The van der Waals surface area contributed by atoms with Gasteiger partial charge in [-0.1, -0.05) is 0 Å². The highest BCUT2D eigenvalue weighted by molar-refractivity contribution is 5.78. The van der Waals surface area contributed by atoms with Crippen molar-refractivity contribution in [3.8, 4) is 0 Å². The monoisotopic (exact) mass is 306 g/mol. The van der Waals surface area contributed by atoms with Crippen molar-refractivity contribution in [2.45, 2.75) is 24.9 Å². The number of amides is 1. The second-order valence-corrected chi connectivity index (χ2v) is 6.06. The standard InChI is InChI=1S/C15H22N4O3/c20-14(12-1-7-22-8-2-12)18-10-15(21)3-6-19(11-15)13-9-16-4-5-17-13/h4-5,9,12,21H,1-3,6-8,10-11H2,(H,18,20)/t15-/m0/s1. The Labute approximate surface area is 129 Å². The van der Waals surface area contributed by atoms with Crippen LogP contribution < -0.4 is 10.2 Å². The van der Waals surface area contributed by atoms with E-state index in [0.29, 0.717) is 32.7 Å². The summed E-state index contributed by atoms with van der Waals surface area (Å²) in [6.07, 6.45) is 7.08. The van der Waals surface area contributed by atoms with E-state index in [1.54, 1.807) is 18.6 Å². The molecule has 1 atom stereocenters. The fourth-order valence-corrected chi connectivity index (χ4v) is 3.01. The van der Waals surface area contributed by atoms with Gasteiger partial charge in [-0.3, -0.25) is 9.78 Å². The third-order valence-electron chi connectivity index (χ3n) is 4.39. The van der Waals surface area contributed by atoms with Gasteiger partial charge in [-0.15, -0.1) is 0 Å². The largest absolute Gasteiger partial charge is 0.386 e. The molecule has 7 heteroatoms. The maximum absolute atomic E-state index is 12.1. The lowest BCUT2D eigenvalue weighted by atomic mass is 9.98. The minimum absolute atomic E-state index is 0.00912. The SMILES string of the molecule is O=C(NC[C@@]1(O)CCN(c2cnccn2)C1)C1CCOCC1. The van der Waals surface area contributed by atoms with E-state index in [1.165, 1.54) is 0 Å². The predicted octanol–water partition coefficient (Wildman–Crippen LogP) is -0.0394. The lowest BCUT2D eigenvalue weighted by molar-refractivity contribution is -0.128. The van der Waals surface area contributed by atoms with Crippen LogP contribution in [0.15, 0.2) is 18.6 Å². The van der Waals surface area contributed by atoms with Crippen molar-refractivity contribution in [1.82, 2.24) is 15.3 Å². The average Bonchev–Trinajstić information content (AvgIpc) is 2.97. The highest BCUT2D eigenvalue weighted by Crippen LogP contribution is 2.24. The Morgan fingerprint density at radius 2 is 2.27 bits per heavy atom. The minimum atomic E-state index is -0.904. The third kappa shape index (κ3) is 3.53. The molecule has 2 aliphatic rings. The molecule has 0 aromatic carbocycles. The van der Waals surface area contributed by atoms with Crippen LogP contribution in [0.2, 0.25) is 0 Å². The number of ether oxygens (including phenoxy) is 1. The molecule has 0 spiro atoms. The van der Waals surface area contributed by atoms with Crippen LogP contribution in [0.1, 0.15) is 19.3 Å². The first kappa shape index (κ1) is 15.2. The van der Waals surface area contributed by atoms with Crippen LogP contribution >= 0.6 is 0 Å². The van der Waals surface area contributed by atoms with Gasteiger partial charge in [-0.2, -0.15) is 0 Å². The van der Waals surface area contributed by atoms with Gasteiger partial charge in [0.1, 0.15) is 11.4 Å². The highest BCUT2D eigenvalue weighted by atomic mass is 16.5. The molecule has 3 rings (SSSR count). The molecule has 0 aliphatic carbocycles. The van der Waals surface area contributed by atoms with E-state index < -0.39 is 5.60 Å². The number of carbonyl (C=O) groups is 1. The first-order chi connectivity index (χ1) is 10.7. The Balaban J connectivity index is 1.51. The van der Waals surface area contributed by atoms with Gasteiger partial charge in [0, 0.05) is 51.2 Å². The van der Waals surface area contributed by atoms with Crippen molar-refractivity contribution in [1.29, 1.82) is 0 Å². The molecule has 0 bridgehead atoms. The zero-order valence-corrected chi connectivity index (χ0v) is 12.6. The third-order valence-corrected chi connectivity index (χ3v) is 4.39. The second-order valence-electron chi connectivity index (χ2n) is 6.06. The minimum Gasteiger partial charge on any atom is -0.386 e. The smallest absolute Gasteiger partial charge is 0.223 e. The van der Waals surface area contributed by atoms with Crippen molar-refractivity contribution in [3.63, 3.8) is 0 Å². The van der Waals surface area contributed by atoms with E-state index in [2.05, 4.69) is 15.3 Å². The molecule has 1 amide bonds. The molecule has 7 nitrogen and oxygen atoms in total. The van der Waals surface area contributed by atoms with Crippen LogP contribution in [0.25, 0.3) is 0 Å². The molecule has 0 radical (unpaired) electrons. The van der Waals surface area contributed by atoms with Crippen molar-refractivity contribution in [3.05, 3.63) is 18.6 Å². The van der Waals surface area contributed by atoms with Gasteiger partial charge >= 0.3 is 0 Å². The number of nitrogens with one attached hydrogen (secondary N) is 1. The number of hydrogen-bond acceptors (Lipinski definition) is 6. The van der Waals surface area contributed by atoms with Crippen LogP contribution in [0.5, 0.6) is 0 Å². The Kier molecular flexibility index (Phi) is 4.54. The number of aliphatic hydroxyl groups is 1. The number of nitrogens with zero attached hydrogens (tertiary/aromatic N) is 3. The molecule has 2 saturated heterocycles. The fourth-order valence-electron chi connectivity index (χ4n) is 3.01. The van der Waals surface area contributed by atoms with Crippen LogP contribution in [0.3, 0.4) is 0 Å². The molecular formula is C15H22N4O3. The van der Waals surface area contributed by atoms with E-state index in [0.717, 1.165) is 18.7 Å². The van der Waals surface area contributed by atoms with Gasteiger partial charge in [0.2, 0.25) is 5.91 Å². The lowest BCUT2D eigenvalue weighted by Gasteiger charge is -2.26. The van der Waals surface area contributed by atoms with Crippen molar-refractivity contribution in [2.75, 3.05) is 37.7 Å². The van der Waals surface area contributed by atoms with E-state index in [-0.39, 0.29) is 18.4 Å². The highest BCUT2D eigenvalue weighted by Gasteiger charge is 2.37. The fraction of sp³-hybridized carbons (Fsp3) is 0.667. The van der Waals surface area contributed by atoms with E-state index >= 15 is 0 Å². The number of carbonyl (C=O) groups excluding carboxylic acids is 1. The summed E-state index contributed by atoms with van der Waals surface area (Å²) in [7, 11) is 0. The molecule has 2 aliphatic heterocycles. The zero-order valence-electron chi connectivity index (χ0n) is 12.6. The number of aromatic nitrogens is 2. The van der Waals surface area contributed by atoms with Crippen LogP contribution in [0.4, 0.5) is 5.82 Å². The van der Waals surface area contributed by atoms with Gasteiger partial charge in [-0.05, 0) is 19.3 Å². The van der Waals surface area contributed by atoms with E-state index in [4.69, 9.17) is 4.74 Å². The molecular weight excluding hydrogens is 284 g/mol. The van der Waals surface area contributed by atoms with Crippen LogP contribution in [-0.2, 0) is 9.53 Å². The summed E-state index contributed by atoms with van der Waals surface area (Å²) in [5, 5.41) is 13.5. The van der Waals surface area contributed by atoms with Gasteiger partial charge in [0.15, 0.2) is 0 Å². The first-order valence-electron chi connectivity index (χ1n) is 7.75. The number of hydrogen-bond donors (Lipinski definition) is 2. The normalized spacial score (nSPS) is 26.1. The Bertz CT molecular complexity index is 507. The predicted molar refractivity (Wildman–Crippen MR) is 80.4 cm³/mol. The number of anilines is 1. The Hall–Kier alpha value is -1.73. The molecule has 3 heterocycles. The van der Waals surface area contributed by atoms with Crippen LogP contribution in [0, 0.1) is 5.92 Å². The summed E-state index contributed by atoms with van der Waals surface area (Å²) in [5.41, 5.74) is -0.904. The van der Waals surface area contributed by atoms with E-state index in [1.807, 2.05) is 4.90 Å². The maximum atomic E-state index is 12.1. The van der Waals surface area contributed by atoms with Crippen molar-refractivity contribution in [2.24, 2.45) is 5.92 Å². The Morgan fingerprint density at radius 3 is 3.00 bits per heavy atom. The summed E-state index contributed by atoms with van der Waals surface area (Å²) in [6.45, 7) is 2.73. The quantitative estimate of drug-likeness (QED) is 0.812. The van der Waals surface area contributed by atoms with Gasteiger partial charge < -0.3 is 20.1 Å². The van der Waals surface area contributed by atoms with Gasteiger partial charge in [0.05, 0.1) is 6.20 Å². The number of β-amino-alcohol motifs (C(OH)–C–C–N with tert-alkyl or cyclic N) is 1. The van der Waals surface area contributed by atoms with Crippen molar-refractivity contribution >= 4 is 11.7 Å². The Morgan fingerprint density at radius 1 is 1.45 bits per heavy atom. The maximum Gasteiger partial charge on any atom is 0.223 e. The first-order valence-corrected chi connectivity index (χ1v) is 7.75. The van der Waals surface area contributed by atoms with Crippen LogP contribution in [-0.4, -0.2) is 59.4 Å². The zero-order chi connectivity index (χ0) is 15.4. The molecule has 0 unspecified atom stereocenters. The second kappa shape index (κ2) is 6.58. The molecule has 2 fully saturated rings.